The fourth-order valence-electron chi connectivity index (χ4n) is 2.02. The molecule has 23 heavy (non-hydrogen) atoms. The van der Waals surface area contributed by atoms with Gasteiger partial charge in [0.05, 0.1) is 17.9 Å². The minimum Gasteiger partial charge on any atom is -0.494 e. The summed E-state index contributed by atoms with van der Waals surface area (Å²) in [7, 11) is -3.98. The number of carbonyl (C=O) groups excluding carboxylic acids is 2. The van der Waals surface area contributed by atoms with Crippen LogP contribution in [0.2, 0.25) is 0 Å². The molecule has 1 saturated heterocycles. The van der Waals surface area contributed by atoms with Gasteiger partial charge in [-0.2, -0.15) is 9.79 Å². The summed E-state index contributed by atoms with van der Waals surface area (Å²) in [5.41, 5.74) is 0. The Morgan fingerprint density at radius 3 is 2.48 bits per heavy atom. The van der Waals surface area contributed by atoms with Gasteiger partial charge < -0.3 is 4.74 Å². The van der Waals surface area contributed by atoms with Crippen LogP contribution in [0.25, 0.3) is 0 Å². The maximum atomic E-state index is 12.2. The number of carbonyl (C=O) groups is 2. The van der Waals surface area contributed by atoms with E-state index in [1.54, 1.807) is 0 Å². The van der Waals surface area contributed by atoms with Crippen LogP contribution in [-0.4, -0.2) is 43.2 Å². The van der Waals surface area contributed by atoms with Gasteiger partial charge in [-0.1, -0.05) is 13.3 Å². The highest BCUT2D eigenvalue weighted by atomic mass is 32.2. The zero-order valence-electron chi connectivity index (χ0n) is 12.6. The number of hydroxylamine groups is 2. The fraction of sp³-hybridized carbons (Fsp3) is 0.429. The lowest BCUT2D eigenvalue weighted by molar-refractivity contribution is -0.171. The minimum absolute atomic E-state index is 0.0584. The molecular weight excluding hydrogens is 324 g/mol. The molecular formula is C14H18N2O6S. The number of sulfonamides is 1. The van der Waals surface area contributed by atoms with E-state index in [2.05, 4.69) is 4.72 Å². The Kier molecular flexibility index (Phi) is 5.34. The predicted octanol–water partition coefficient (Wildman–Crippen LogP) is 0.660. The predicted molar refractivity (Wildman–Crippen MR) is 79.2 cm³/mol. The monoisotopic (exact) mass is 342 g/mol. The Bertz CT molecular complexity index is 686. The maximum Gasteiger partial charge on any atom is 0.271 e. The first-order valence-electron chi connectivity index (χ1n) is 7.16. The molecule has 126 valence electrons. The van der Waals surface area contributed by atoms with E-state index >= 15 is 0 Å². The van der Waals surface area contributed by atoms with Crippen LogP contribution in [0.3, 0.4) is 0 Å². The molecule has 2 rings (SSSR count). The first kappa shape index (κ1) is 17.4. The summed E-state index contributed by atoms with van der Waals surface area (Å²) in [6.07, 6.45) is 1.48. The zero-order valence-corrected chi connectivity index (χ0v) is 13.4. The Labute approximate surface area is 134 Å². The van der Waals surface area contributed by atoms with E-state index in [-0.39, 0.29) is 9.96 Å². The Morgan fingerprint density at radius 2 is 1.96 bits per heavy atom. The highest BCUT2D eigenvalue weighted by Gasteiger charge is 2.40. The van der Waals surface area contributed by atoms with E-state index in [1.165, 1.54) is 24.3 Å². The van der Waals surface area contributed by atoms with Crippen molar-refractivity contribution < 1.29 is 28.0 Å². The molecule has 8 nitrogen and oxygen atoms in total. The number of rotatable bonds is 7. The normalized spacial score (nSPS) is 18.5. The number of amides is 2. The molecule has 1 fully saturated rings. The molecule has 1 aromatic rings. The van der Waals surface area contributed by atoms with Crippen LogP contribution in [0.5, 0.6) is 5.75 Å². The van der Waals surface area contributed by atoms with Crippen molar-refractivity contribution >= 4 is 21.8 Å². The second-order valence-corrected chi connectivity index (χ2v) is 6.81. The van der Waals surface area contributed by atoms with E-state index in [0.29, 0.717) is 12.4 Å². The van der Waals surface area contributed by atoms with Crippen molar-refractivity contribution in [2.45, 2.75) is 37.1 Å². The second kappa shape index (κ2) is 7.07. The van der Waals surface area contributed by atoms with Crippen LogP contribution in [0, 0.1) is 0 Å². The molecule has 0 unspecified atom stereocenters. The number of benzene rings is 1. The lowest BCUT2D eigenvalue weighted by Crippen LogP contribution is -2.40. The third-order valence-corrected chi connectivity index (χ3v) is 4.81. The topological polar surface area (TPSA) is 113 Å². The number of nitrogens with zero attached hydrogens (tertiary/aromatic N) is 1. The number of ether oxygens (including phenoxy) is 1. The van der Waals surface area contributed by atoms with Crippen LogP contribution in [0.1, 0.15) is 26.2 Å². The van der Waals surface area contributed by atoms with Gasteiger partial charge in [-0.25, -0.2) is 8.42 Å². The van der Waals surface area contributed by atoms with Crippen molar-refractivity contribution in [3.05, 3.63) is 24.3 Å². The summed E-state index contributed by atoms with van der Waals surface area (Å²) in [4.78, 5) is 22.7. The van der Waals surface area contributed by atoms with E-state index in [1.807, 2.05) is 6.92 Å². The molecule has 0 aromatic heterocycles. The lowest BCUT2D eigenvalue weighted by Gasteiger charge is -2.11. The van der Waals surface area contributed by atoms with Crippen molar-refractivity contribution in [1.82, 2.24) is 9.79 Å². The molecule has 1 aromatic carbocycles. The largest absolute Gasteiger partial charge is 0.494 e. The van der Waals surface area contributed by atoms with Crippen LogP contribution >= 0.6 is 0 Å². The van der Waals surface area contributed by atoms with Gasteiger partial charge in [0, 0.05) is 0 Å². The van der Waals surface area contributed by atoms with Crippen LogP contribution in [0.4, 0.5) is 0 Å². The van der Waals surface area contributed by atoms with E-state index in [0.717, 1.165) is 12.8 Å². The second-order valence-electron chi connectivity index (χ2n) is 5.10. The van der Waals surface area contributed by atoms with Gasteiger partial charge in [0.1, 0.15) is 11.8 Å². The Hall–Kier alpha value is -1.97. The fourth-order valence-corrected chi connectivity index (χ4v) is 3.20. The molecule has 0 spiro atoms. The van der Waals surface area contributed by atoms with Gasteiger partial charge in [-0.15, -0.1) is 0 Å². The van der Waals surface area contributed by atoms with Crippen LogP contribution in [-0.2, 0) is 19.6 Å². The first-order valence-corrected chi connectivity index (χ1v) is 8.64. The molecule has 9 heteroatoms. The van der Waals surface area contributed by atoms with Crippen molar-refractivity contribution in [1.29, 1.82) is 0 Å². The van der Waals surface area contributed by atoms with Crippen molar-refractivity contribution in [3.63, 3.8) is 0 Å². The Morgan fingerprint density at radius 1 is 1.30 bits per heavy atom. The van der Waals surface area contributed by atoms with Gasteiger partial charge in [-0.05, 0) is 30.7 Å². The average molecular weight is 342 g/mol. The van der Waals surface area contributed by atoms with Gasteiger partial charge in [-0.3, -0.25) is 14.8 Å². The Balaban J connectivity index is 2.05. The van der Waals surface area contributed by atoms with Crippen molar-refractivity contribution in [2.75, 3.05) is 6.61 Å². The molecule has 2 N–H and O–H groups in total. The molecule has 1 aliphatic rings. The molecule has 1 heterocycles. The molecule has 1 aliphatic heterocycles. The van der Waals surface area contributed by atoms with Crippen LogP contribution in [0.15, 0.2) is 29.2 Å². The van der Waals surface area contributed by atoms with Gasteiger partial charge in [0.2, 0.25) is 10.0 Å². The molecule has 0 aliphatic carbocycles. The van der Waals surface area contributed by atoms with E-state index in [9.17, 15) is 18.0 Å². The smallest absolute Gasteiger partial charge is 0.271 e. The lowest BCUT2D eigenvalue weighted by atomic mass is 10.3. The van der Waals surface area contributed by atoms with Gasteiger partial charge in [0.15, 0.2) is 0 Å². The highest BCUT2D eigenvalue weighted by molar-refractivity contribution is 7.89. The number of imide groups is 1. The summed E-state index contributed by atoms with van der Waals surface area (Å²) >= 11 is 0. The average Bonchev–Trinajstić information content (AvgIpc) is 2.75. The number of hydrogen-bond donors (Lipinski definition) is 2. The number of nitrogens with one attached hydrogen (secondary N) is 1. The van der Waals surface area contributed by atoms with E-state index in [4.69, 9.17) is 9.94 Å². The first-order chi connectivity index (χ1) is 10.8. The highest BCUT2D eigenvalue weighted by Crippen LogP contribution is 2.18. The van der Waals surface area contributed by atoms with Crippen LogP contribution < -0.4 is 9.46 Å². The summed E-state index contributed by atoms with van der Waals surface area (Å²) < 4.78 is 32.0. The third-order valence-electron chi connectivity index (χ3n) is 3.32. The molecule has 0 bridgehead atoms. The standard InChI is InChI=1S/C14H18N2O6S/c1-2-3-8-22-10-4-6-11(7-5-10)23(20,21)15-12-9-13(17)16(19)14(12)18/h4-7,12,15,19H,2-3,8-9H2,1H3/t12-/m1/s1. The number of hydrogen-bond acceptors (Lipinski definition) is 6. The van der Waals surface area contributed by atoms with Gasteiger partial charge in [0.25, 0.3) is 11.8 Å². The minimum atomic E-state index is -3.98. The maximum absolute atomic E-state index is 12.2. The SMILES string of the molecule is CCCCOc1ccc(S(=O)(=O)N[C@@H]2CC(=O)N(O)C2=O)cc1. The zero-order chi connectivity index (χ0) is 17.0. The van der Waals surface area contributed by atoms with E-state index < -0.39 is 34.3 Å². The molecule has 1 atom stereocenters. The number of unbranched alkanes of at least 4 members (excludes halogenated alkanes) is 1. The summed E-state index contributed by atoms with van der Waals surface area (Å²) in [5, 5.41) is 9.05. The molecule has 0 radical (unpaired) electrons. The van der Waals surface area contributed by atoms with Gasteiger partial charge >= 0.3 is 0 Å². The third kappa shape index (κ3) is 4.06. The van der Waals surface area contributed by atoms with Crippen molar-refractivity contribution in [3.8, 4) is 5.75 Å². The summed E-state index contributed by atoms with van der Waals surface area (Å²) in [5.74, 6) is -1.29. The van der Waals surface area contributed by atoms with Crippen molar-refractivity contribution in [2.24, 2.45) is 0 Å². The summed E-state index contributed by atoms with van der Waals surface area (Å²) in [6.45, 7) is 2.58. The quantitative estimate of drug-likeness (QED) is 0.427. The summed E-state index contributed by atoms with van der Waals surface area (Å²) in [6, 6.07) is 4.44. The molecule has 2 amide bonds. The molecule has 0 saturated carbocycles.